The molecule has 0 unspecified atom stereocenters. The second-order valence-electron chi connectivity index (χ2n) is 5.89. The van der Waals surface area contributed by atoms with E-state index in [9.17, 15) is 9.59 Å². The van der Waals surface area contributed by atoms with E-state index < -0.39 is 12.1 Å². The molecule has 2 aromatic rings. The Kier molecular flexibility index (Phi) is 3.68. The van der Waals surface area contributed by atoms with Gasteiger partial charge in [0.2, 0.25) is 0 Å². The molecule has 7 heteroatoms. The number of carbonyl (C=O) groups is 2. The largest absolute Gasteiger partial charge is 0.497 e. The van der Waals surface area contributed by atoms with Crippen molar-refractivity contribution >= 4 is 17.5 Å². The van der Waals surface area contributed by atoms with Gasteiger partial charge >= 0.3 is 0 Å². The van der Waals surface area contributed by atoms with Crippen LogP contribution in [0.3, 0.4) is 0 Å². The highest BCUT2D eigenvalue weighted by atomic mass is 16.5. The lowest BCUT2D eigenvalue weighted by Crippen LogP contribution is -2.39. The van der Waals surface area contributed by atoms with E-state index in [-0.39, 0.29) is 11.8 Å². The van der Waals surface area contributed by atoms with Crippen LogP contribution >= 0.6 is 0 Å². The number of amides is 2. The van der Waals surface area contributed by atoms with Gasteiger partial charge in [-0.1, -0.05) is 35.6 Å². The Hall–Kier alpha value is -3.22. The smallest absolute Gasteiger partial charge is 0.263 e. The minimum Gasteiger partial charge on any atom is -0.497 e. The van der Waals surface area contributed by atoms with Gasteiger partial charge in [0.1, 0.15) is 5.75 Å². The molecule has 2 amide bonds. The van der Waals surface area contributed by atoms with Crippen LogP contribution in [-0.2, 0) is 16.1 Å². The lowest BCUT2D eigenvalue weighted by Gasteiger charge is -2.20. The molecule has 0 bridgehead atoms. The van der Waals surface area contributed by atoms with Crippen molar-refractivity contribution in [3.05, 3.63) is 60.2 Å². The highest BCUT2D eigenvalue weighted by molar-refractivity contribution is 6.25. The lowest BCUT2D eigenvalue weighted by atomic mass is 10.1. The van der Waals surface area contributed by atoms with Gasteiger partial charge in [0.05, 0.1) is 19.3 Å². The van der Waals surface area contributed by atoms with Gasteiger partial charge < -0.3 is 4.74 Å². The number of carbonyl (C=O) groups excluding carboxylic acids is 2. The first-order valence-corrected chi connectivity index (χ1v) is 7.92. The quantitative estimate of drug-likeness (QED) is 0.802. The molecular formula is C18H16N4O3. The summed E-state index contributed by atoms with van der Waals surface area (Å²) in [5.41, 5.74) is 1.52. The zero-order valence-electron chi connectivity index (χ0n) is 13.6. The van der Waals surface area contributed by atoms with E-state index in [0.717, 1.165) is 11.3 Å². The summed E-state index contributed by atoms with van der Waals surface area (Å²) in [6, 6.07) is 14.9. The summed E-state index contributed by atoms with van der Waals surface area (Å²) < 4.78 is 5.14. The van der Waals surface area contributed by atoms with E-state index >= 15 is 0 Å². The summed E-state index contributed by atoms with van der Waals surface area (Å²) >= 11 is 0. The van der Waals surface area contributed by atoms with Gasteiger partial charge in [-0.05, 0) is 29.8 Å². The van der Waals surface area contributed by atoms with Crippen LogP contribution in [0.5, 0.6) is 5.75 Å². The normalized spacial score (nSPS) is 21.8. The number of hydrogen-bond donors (Lipinski definition) is 0. The molecule has 0 saturated carbocycles. The molecule has 25 heavy (non-hydrogen) atoms. The van der Waals surface area contributed by atoms with Gasteiger partial charge in [-0.15, -0.1) is 0 Å². The Morgan fingerprint density at radius 1 is 1.00 bits per heavy atom. The van der Waals surface area contributed by atoms with Crippen molar-refractivity contribution in [3.8, 4) is 5.75 Å². The first kappa shape index (κ1) is 15.3. The standard InChI is InChI=1S/C18H16N4O3/c1-25-14-9-7-12(8-10-14)11-21-16-15(19-20-21)17(23)22(18(16)24)13-5-3-2-4-6-13/h2-10,15-16H,11H2,1H3/t15-,16+/m0/s1. The SMILES string of the molecule is COc1ccc(CN2N=N[C@@H]3C(=O)N(c4ccccc4)C(=O)[C@@H]32)cc1. The van der Waals surface area contributed by atoms with Gasteiger partial charge in [0, 0.05) is 0 Å². The zero-order valence-corrected chi connectivity index (χ0v) is 13.6. The summed E-state index contributed by atoms with van der Waals surface area (Å²) in [6.07, 6.45) is 0. The Balaban J connectivity index is 1.56. The molecule has 2 aromatic carbocycles. The molecule has 2 aliphatic rings. The summed E-state index contributed by atoms with van der Waals surface area (Å²) in [5, 5.41) is 9.66. The third-order valence-corrected chi connectivity index (χ3v) is 4.38. The first-order valence-electron chi connectivity index (χ1n) is 7.92. The minimum absolute atomic E-state index is 0.292. The summed E-state index contributed by atoms with van der Waals surface area (Å²) in [5.74, 6) is 0.133. The van der Waals surface area contributed by atoms with Crippen molar-refractivity contribution in [3.63, 3.8) is 0 Å². The van der Waals surface area contributed by atoms with E-state index in [1.165, 1.54) is 4.90 Å². The maximum atomic E-state index is 12.8. The molecule has 0 radical (unpaired) electrons. The van der Waals surface area contributed by atoms with Crippen LogP contribution in [0.25, 0.3) is 0 Å². The monoisotopic (exact) mass is 336 g/mol. The van der Waals surface area contributed by atoms with Crippen LogP contribution in [-0.4, -0.2) is 36.0 Å². The molecule has 2 atom stereocenters. The van der Waals surface area contributed by atoms with E-state index in [4.69, 9.17) is 4.74 Å². The zero-order chi connectivity index (χ0) is 17.4. The Morgan fingerprint density at radius 2 is 1.72 bits per heavy atom. The van der Waals surface area contributed by atoms with Crippen LogP contribution in [0.2, 0.25) is 0 Å². The van der Waals surface area contributed by atoms with Crippen LogP contribution in [0.1, 0.15) is 5.56 Å². The fourth-order valence-electron chi connectivity index (χ4n) is 3.10. The molecular weight excluding hydrogens is 320 g/mol. The van der Waals surface area contributed by atoms with Crippen LogP contribution in [0, 0.1) is 0 Å². The molecule has 1 fully saturated rings. The topological polar surface area (TPSA) is 74.6 Å². The number of para-hydroxylation sites is 1. The molecule has 7 nitrogen and oxygen atoms in total. The number of fused-ring (bicyclic) bond motifs is 1. The number of anilines is 1. The average molecular weight is 336 g/mol. The Morgan fingerprint density at radius 3 is 2.40 bits per heavy atom. The molecule has 126 valence electrons. The first-order chi connectivity index (χ1) is 12.2. The molecule has 0 spiro atoms. The highest BCUT2D eigenvalue weighted by Gasteiger charge is 2.54. The summed E-state index contributed by atoms with van der Waals surface area (Å²) in [6.45, 7) is 0.399. The number of methoxy groups -OCH3 is 1. The summed E-state index contributed by atoms with van der Waals surface area (Å²) in [4.78, 5) is 26.6. The predicted molar refractivity (Wildman–Crippen MR) is 89.9 cm³/mol. The fraction of sp³-hybridized carbons (Fsp3) is 0.222. The number of benzene rings is 2. The molecule has 4 rings (SSSR count). The third kappa shape index (κ3) is 2.53. The maximum Gasteiger partial charge on any atom is 0.263 e. The van der Waals surface area contributed by atoms with Gasteiger partial charge in [-0.2, -0.15) is 5.11 Å². The second kappa shape index (κ2) is 6.01. The number of rotatable bonds is 4. The van der Waals surface area contributed by atoms with Crippen LogP contribution in [0.15, 0.2) is 64.9 Å². The van der Waals surface area contributed by atoms with Crippen molar-refractivity contribution in [1.29, 1.82) is 0 Å². The van der Waals surface area contributed by atoms with Gasteiger partial charge in [0.25, 0.3) is 11.8 Å². The maximum absolute atomic E-state index is 12.8. The van der Waals surface area contributed by atoms with E-state index in [1.807, 2.05) is 30.3 Å². The molecule has 2 aliphatic heterocycles. The van der Waals surface area contributed by atoms with E-state index in [1.54, 1.807) is 36.4 Å². The third-order valence-electron chi connectivity index (χ3n) is 4.38. The van der Waals surface area contributed by atoms with Crippen molar-refractivity contribution in [2.45, 2.75) is 18.6 Å². The Labute approximate surface area is 144 Å². The highest BCUT2D eigenvalue weighted by Crippen LogP contribution is 2.32. The molecule has 1 saturated heterocycles. The van der Waals surface area contributed by atoms with Crippen LogP contribution < -0.4 is 9.64 Å². The van der Waals surface area contributed by atoms with Crippen molar-refractivity contribution < 1.29 is 14.3 Å². The second-order valence-corrected chi connectivity index (χ2v) is 5.89. The molecule has 2 heterocycles. The molecule has 0 aromatic heterocycles. The van der Waals surface area contributed by atoms with Crippen LogP contribution in [0.4, 0.5) is 5.69 Å². The number of nitrogens with zero attached hydrogens (tertiary/aromatic N) is 4. The van der Waals surface area contributed by atoms with Crippen molar-refractivity contribution in [2.75, 3.05) is 12.0 Å². The van der Waals surface area contributed by atoms with Crippen molar-refractivity contribution in [2.24, 2.45) is 10.3 Å². The van der Waals surface area contributed by atoms with Gasteiger partial charge in [-0.25, -0.2) is 4.90 Å². The van der Waals surface area contributed by atoms with Crippen molar-refractivity contribution in [1.82, 2.24) is 5.01 Å². The minimum atomic E-state index is -0.772. The van der Waals surface area contributed by atoms with E-state index in [0.29, 0.717) is 12.2 Å². The number of imide groups is 1. The Bertz CT molecular complexity index is 835. The molecule has 0 N–H and O–H groups in total. The fourth-order valence-corrected chi connectivity index (χ4v) is 3.10. The lowest BCUT2D eigenvalue weighted by molar-refractivity contribution is -0.123. The average Bonchev–Trinajstić information content (AvgIpc) is 3.17. The predicted octanol–water partition coefficient (Wildman–Crippen LogP) is 2.19. The number of hydrogen-bond acceptors (Lipinski definition) is 6. The summed E-state index contributed by atoms with van der Waals surface area (Å²) in [7, 11) is 1.61. The van der Waals surface area contributed by atoms with Gasteiger partial charge in [-0.3, -0.25) is 14.6 Å². The number of ether oxygens (including phenoxy) is 1. The van der Waals surface area contributed by atoms with E-state index in [2.05, 4.69) is 10.3 Å². The molecule has 0 aliphatic carbocycles. The van der Waals surface area contributed by atoms with Gasteiger partial charge in [0.15, 0.2) is 12.1 Å².